The van der Waals surface area contributed by atoms with E-state index in [1.165, 1.54) is 9.80 Å². The maximum absolute atomic E-state index is 14.5. The molecule has 1 aromatic heterocycles. The lowest BCUT2D eigenvalue weighted by Gasteiger charge is -2.36. The monoisotopic (exact) mass is 737 g/mol. The molecule has 0 spiro atoms. The number of pyridine rings is 1. The number of hydrogen-bond donors (Lipinski definition) is 2. The number of fused-ring (bicyclic) bond motifs is 1. The van der Waals surface area contributed by atoms with Crippen molar-refractivity contribution in [2.75, 3.05) is 26.5 Å². The summed E-state index contributed by atoms with van der Waals surface area (Å²) >= 11 is 0. The smallest absolute Gasteiger partial charge is 0.408 e. The molecule has 3 atom stereocenters. The zero-order valence-electron chi connectivity index (χ0n) is 30.5. The summed E-state index contributed by atoms with van der Waals surface area (Å²) in [6.07, 6.45) is -0.419. The molecule has 1 aliphatic carbocycles. The zero-order chi connectivity index (χ0) is 38.0. The van der Waals surface area contributed by atoms with Crippen molar-refractivity contribution < 1.29 is 41.8 Å². The quantitative estimate of drug-likeness (QED) is 0.262. The number of carbonyl (C=O) groups excluding carboxylic acids is 4. The number of amides is 4. The molecule has 3 aromatic rings. The van der Waals surface area contributed by atoms with Gasteiger partial charge in [-0.3, -0.25) is 19.1 Å². The molecule has 4 amide bonds. The molecule has 3 unspecified atom stereocenters. The van der Waals surface area contributed by atoms with Gasteiger partial charge in [0.25, 0.3) is 5.91 Å². The van der Waals surface area contributed by atoms with Crippen LogP contribution in [0.25, 0.3) is 22.2 Å². The Bertz CT molecular complexity index is 1930. The lowest BCUT2D eigenvalue weighted by atomic mass is 10.0. The van der Waals surface area contributed by atoms with Gasteiger partial charge in [-0.25, -0.2) is 18.2 Å². The molecule has 0 bridgehead atoms. The molecule has 52 heavy (non-hydrogen) atoms. The van der Waals surface area contributed by atoms with Gasteiger partial charge in [0.1, 0.15) is 35.2 Å². The lowest BCUT2D eigenvalue weighted by Crippen LogP contribution is -2.59. The molecule has 5 rings (SSSR count). The van der Waals surface area contributed by atoms with E-state index in [1.807, 2.05) is 47.2 Å². The topological polar surface area (TPSA) is 174 Å². The SMILES string of the molecule is CCN(C(=O)C1CC(Oc2cc(-c3ccccc3)nc3cc(OC)ccc23)CN1C(=O)C(NC(=O)OC(C)C)C(C)C)C1(C(=O)NS(C)(=O)=O)CC1. The number of rotatable bonds is 13. The first-order chi connectivity index (χ1) is 24.6. The summed E-state index contributed by atoms with van der Waals surface area (Å²) in [6.45, 7) is 8.70. The molecule has 15 heteroatoms. The normalized spacial score (nSPS) is 18.5. The number of hydrogen-bond acceptors (Lipinski definition) is 10. The van der Waals surface area contributed by atoms with Crippen LogP contribution in [0.5, 0.6) is 11.5 Å². The fourth-order valence-corrected chi connectivity index (χ4v) is 7.14. The van der Waals surface area contributed by atoms with Crippen LogP contribution in [-0.2, 0) is 29.1 Å². The number of likely N-dealkylation sites (tertiary alicyclic amines) is 1. The van der Waals surface area contributed by atoms with Crippen molar-refractivity contribution in [3.8, 4) is 22.8 Å². The molecule has 1 aliphatic heterocycles. The highest BCUT2D eigenvalue weighted by Gasteiger charge is 2.58. The van der Waals surface area contributed by atoms with Gasteiger partial charge in [0.15, 0.2) is 0 Å². The van der Waals surface area contributed by atoms with E-state index in [2.05, 4.69) is 5.32 Å². The third kappa shape index (κ3) is 8.41. The van der Waals surface area contributed by atoms with Crippen LogP contribution in [0.15, 0.2) is 54.6 Å². The van der Waals surface area contributed by atoms with Gasteiger partial charge in [0, 0.05) is 36.0 Å². The summed E-state index contributed by atoms with van der Waals surface area (Å²) in [7, 11) is -2.33. The van der Waals surface area contributed by atoms with Gasteiger partial charge in [0.05, 0.1) is 37.2 Å². The minimum Gasteiger partial charge on any atom is -0.497 e. The lowest BCUT2D eigenvalue weighted by molar-refractivity contribution is -0.149. The van der Waals surface area contributed by atoms with Gasteiger partial charge in [0.2, 0.25) is 21.8 Å². The number of alkyl carbamates (subject to hydrolysis) is 1. The molecule has 280 valence electrons. The van der Waals surface area contributed by atoms with E-state index in [9.17, 15) is 27.6 Å². The van der Waals surface area contributed by atoms with E-state index in [0.717, 1.165) is 11.8 Å². The van der Waals surface area contributed by atoms with Crippen LogP contribution in [0.3, 0.4) is 0 Å². The van der Waals surface area contributed by atoms with E-state index in [-0.39, 0.29) is 38.3 Å². The first-order valence-electron chi connectivity index (χ1n) is 17.4. The predicted octanol–water partition coefficient (Wildman–Crippen LogP) is 3.87. The number of aromatic nitrogens is 1. The van der Waals surface area contributed by atoms with Crippen LogP contribution in [0.1, 0.15) is 53.9 Å². The van der Waals surface area contributed by atoms with Crippen LogP contribution < -0.4 is 19.5 Å². The second kappa shape index (κ2) is 15.4. The molecule has 14 nitrogen and oxygen atoms in total. The maximum Gasteiger partial charge on any atom is 0.408 e. The first-order valence-corrected chi connectivity index (χ1v) is 19.3. The minimum atomic E-state index is -3.89. The van der Waals surface area contributed by atoms with Crippen LogP contribution in [0.4, 0.5) is 4.79 Å². The van der Waals surface area contributed by atoms with Crippen molar-refractivity contribution >= 4 is 44.7 Å². The Morgan fingerprint density at radius 2 is 1.73 bits per heavy atom. The summed E-state index contributed by atoms with van der Waals surface area (Å²) < 4.78 is 43.4. The number of methoxy groups -OCH3 is 1. The Kier molecular flexibility index (Phi) is 11.3. The van der Waals surface area contributed by atoms with Gasteiger partial charge in [-0.15, -0.1) is 0 Å². The first kappa shape index (κ1) is 38.3. The summed E-state index contributed by atoms with van der Waals surface area (Å²) in [4.78, 5) is 62.5. The Morgan fingerprint density at radius 3 is 2.31 bits per heavy atom. The van der Waals surface area contributed by atoms with E-state index in [1.54, 1.807) is 53.9 Å². The molecule has 2 aromatic carbocycles. The predicted molar refractivity (Wildman–Crippen MR) is 194 cm³/mol. The van der Waals surface area contributed by atoms with Crippen LogP contribution in [0, 0.1) is 5.92 Å². The number of carbonyl (C=O) groups is 4. The second-order valence-electron chi connectivity index (χ2n) is 13.9. The average Bonchev–Trinajstić information content (AvgIpc) is 3.78. The van der Waals surface area contributed by atoms with Gasteiger partial charge in [-0.05, 0) is 51.7 Å². The van der Waals surface area contributed by atoms with Crippen molar-refractivity contribution in [2.24, 2.45) is 5.92 Å². The summed E-state index contributed by atoms with van der Waals surface area (Å²) in [6, 6.07) is 14.7. The zero-order valence-corrected chi connectivity index (χ0v) is 31.4. The molecule has 0 radical (unpaired) electrons. The standard InChI is InChI=1S/C37H47N5O9S/c1-8-42(37(16-17-37)35(45)40-52(7,47)48)33(43)30-19-26(21-41(30)34(44)32(22(2)3)39-36(46)50-23(4)5)51-31-20-28(24-12-10-9-11-13-24)38-29-18-25(49-6)14-15-27(29)31/h9-15,18,20,22-23,26,30,32H,8,16-17,19,21H2,1-7H3,(H,39,46)(H,40,45). The molecule has 2 fully saturated rings. The average molecular weight is 738 g/mol. The highest BCUT2D eigenvalue weighted by molar-refractivity contribution is 7.89. The molecule has 1 saturated carbocycles. The number of ether oxygens (including phenoxy) is 3. The van der Waals surface area contributed by atoms with Crippen LogP contribution in [0.2, 0.25) is 0 Å². The van der Waals surface area contributed by atoms with Gasteiger partial charge >= 0.3 is 6.09 Å². The van der Waals surface area contributed by atoms with E-state index < -0.39 is 63.7 Å². The molecule has 2 heterocycles. The maximum atomic E-state index is 14.5. The number of likely N-dealkylation sites (N-methyl/N-ethyl adjacent to an activating group) is 1. The largest absolute Gasteiger partial charge is 0.497 e. The van der Waals surface area contributed by atoms with Crippen LogP contribution in [-0.4, -0.2) is 103 Å². The summed E-state index contributed by atoms with van der Waals surface area (Å²) in [5.41, 5.74) is 0.747. The number of nitrogens with zero attached hydrogens (tertiary/aromatic N) is 3. The third-order valence-electron chi connectivity index (χ3n) is 9.25. The summed E-state index contributed by atoms with van der Waals surface area (Å²) in [5, 5.41) is 3.36. The summed E-state index contributed by atoms with van der Waals surface area (Å²) in [5.74, 6) is -1.13. The number of nitrogens with one attached hydrogen (secondary N) is 2. The third-order valence-corrected chi connectivity index (χ3v) is 9.80. The Balaban J connectivity index is 1.52. The van der Waals surface area contributed by atoms with Crippen molar-refractivity contribution in [3.63, 3.8) is 0 Å². The number of sulfonamides is 1. The highest BCUT2D eigenvalue weighted by atomic mass is 32.2. The number of benzene rings is 2. The van der Waals surface area contributed by atoms with Gasteiger partial charge < -0.3 is 29.3 Å². The molecular weight excluding hydrogens is 691 g/mol. The van der Waals surface area contributed by atoms with E-state index in [4.69, 9.17) is 19.2 Å². The molecular formula is C37H47N5O9S. The van der Waals surface area contributed by atoms with E-state index in [0.29, 0.717) is 28.1 Å². The highest BCUT2D eigenvalue weighted by Crippen LogP contribution is 2.44. The Labute approximate surface area is 304 Å². The Hall–Kier alpha value is -4.92. The fourth-order valence-electron chi connectivity index (χ4n) is 6.62. The van der Waals surface area contributed by atoms with Gasteiger partial charge in [-0.2, -0.15) is 0 Å². The molecule has 2 N–H and O–H groups in total. The van der Waals surface area contributed by atoms with Crippen LogP contribution >= 0.6 is 0 Å². The van der Waals surface area contributed by atoms with Crippen molar-refractivity contribution in [3.05, 3.63) is 54.6 Å². The van der Waals surface area contributed by atoms with E-state index >= 15 is 0 Å². The second-order valence-corrected chi connectivity index (χ2v) is 15.6. The van der Waals surface area contributed by atoms with Crippen molar-refractivity contribution in [1.29, 1.82) is 0 Å². The fraction of sp³-hybridized carbons (Fsp3) is 0.486. The minimum absolute atomic E-state index is 0.0138. The molecule has 1 saturated heterocycles. The van der Waals surface area contributed by atoms with Crippen molar-refractivity contribution in [1.82, 2.24) is 24.8 Å². The Morgan fingerprint density at radius 1 is 1.04 bits per heavy atom. The van der Waals surface area contributed by atoms with Crippen molar-refractivity contribution in [2.45, 2.75) is 83.7 Å². The molecule has 2 aliphatic rings. The van der Waals surface area contributed by atoms with Gasteiger partial charge in [-0.1, -0.05) is 44.2 Å².